The monoisotopic (exact) mass is 485 g/mol. The Balaban J connectivity index is 0.00000338. The Morgan fingerprint density at radius 2 is 1.96 bits per heavy atom. The number of hydrogen-bond acceptors (Lipinski definition) is 2. The lowest BCUT2D eigenvalue weighted by Gasteiger charge is -2.14. The van der Waals surface area contributed by atoms with E-state index in [9.17, 15) is 17.6 Å². The number of guanidine groups is 1. The van der Waals surface area contributed by atoms with Crippen molar-refractivity contribution in [1.82, 2.24) is 20.4 Å². The van der Waals surface area contributed by atoms with E-state index in [2.05, 4.69) is 20.7 Å². The van der Waals surface area contributed by atoms with E-state index in [0.717, 1.165) is 17.8 Å². The van der Waals surface area contributed by atoms with Crippen LogP contribution in [0.5, 0.6) is 0 Å². The zero-order valence-electron chi connectivity index (χ0n) is 14.3. The van der Waals surface area contributed by atoms with Crippen molar-refractivity contribution in [2.45, 2.75) is 26.2 Å². The number of benzene rings is 1. The first-order valence-corrected chi connectivity index (χ1v) is 7.66. The van der Waals surface area contributed by atoms with Gasteiger partial charge in [-0.25, -0.2) is 9.38 Å². The average molecular weight is 485 g/mol. The van der Waals surface area contributed by atoms with Gasteiger partial charge in [-0.3, -0.25) is 4.68 Å². The van der Waals surface area contributed by atoms with Crippen molar-refractivity contribution in [3.63, 3.8) is 0 Å². The van der Waals surface area contributed by atoms with Crippen LogP contribution in [-0.2, 0) is 26.3 Å². The molecule has 0 fully saturated rings. The third-order valence-corrected chi connectivity index (χ3v) is 3.49. The van der Waals surface area contributed by atoms with Crippen LogP contribution < -0.4 is 10.6 Å². The molecule has 0 bridgehead atoms. The predicted octanol–water partition coefficient (Wildman–Crippen LogP) is 3.45. The number of aryl methyl sites for hydroxylation is 1. The highest BCUT2D eigenvalue weighted by Crippen LogP contribution is 2.32. The van der Waals surface area contributed by atoms with Gasteiger partial charge in [-0.15, -0.1) is 24.0 Å². The Labute approximate surface area is 165 Å². The van der Waals surface area contributed by atoms with Crippen molar-refractivity contribution in [1.29, 1.82) is 0 Å². The summed E-state index contributed by atoms with van der Waals surface area (Å²) in [5.41, 5.74) is -0.214. The third kappa shape index (κ3) is 6.15. The van der Waals surface area contributed by atoms with Crippen molar-refractivity contribution in [2.24, 2.45) is 12.0 Å². The molecule has 1 heterocycles. The van der Waals surface area contributed by atoms with Gasteiger partial charge in [0.25, 0.3) is 0 Å². The second-order valence-corrected chi connectivity index (χ2v) is 5.29. The van der Waals surface area contributed by atoms with Crippen LogP contribution in [0, 0.1) is 5.82 Å². The molecule has 0 aliphatic rings. The zero-order chi connectivity index (χ0) is 18.4. The van der Waals surface area contributed by atoms with Crippen LogP contribution in [0.25, 0.3) is 0 Å². The summed E-state index contributed by atoms with van der Waals surface area (Å²) in [6.07, 6.45) is -2.98. The van der Waals surface area contributed by atoms with Crippen LogP contribution in [-0.4, -0.2) is 22.3 Å². The Morgan fingerprint density at radius 1 is 1.23 bits per heavy atom. The number of nitrogens with zero attached hydrogens (tertiary/aromatic N) is 3. The Kier molecular flexibility index (Phi) is 8.31. The molecule has 0 aliphatic carbocycles. The molecule has 1 aromatic carbocycles. The molecule has 10 heteroatoms. The van der Waals surface area contributed by atoms with Gasteiger partial charge in [-0.05, 0) is 30.7 Å². The van der Waals surface area contributed by atoms with Crippen molar-refractivity contribution < 1.29 is 17.6 Å². The highest BCUT2D eigenvalue weighted by Gasteiger charge is 2.33. The topological polar surface area (TPSA) is 54.2 Å². The van der Waals surface area contributed by atoms with Gasteiger partial charge in [0.1, 0.15) is 5.82 Å². The lowest BCUT2D eigenvalue weighted by Crippen LogP contribution is -2.37. The molecule has 1 aromatic heterocycles. The summed E-state index contributed by atoms with van der Waals surface area (Å²) in [7, 11) is 1.79. The predicted molar refractivity (Wildman–Crippen MR) is 102 cm³/mol. The quantitative estimate of drug-likeness (QED) is 0.296. The molecule has 0 saturated heterocycles. The van der Waals surface area contributed by atoms with Crippen LogP contribution in [0.15, 0.2) is 35.5 Å². The van der Waals surface area contributed by atoms with Gasteiger partial charge < -0.3 is 10.6 Å². The van der Waals surface area contributed by atoms with Gasteiger partial charge in [0.2, 0.25) is 0 Å². The van der Waals surface area contributed by atoms with E-state index in [1.54, 1.807) is 17.9 Å². The third-order valence-electron chi connectivity index (χ3n) is 3.49. The number of rotatable bonds is 5. The first kappa shape index (κ1) is 22.2. The molecular weight excluding hydrogens is 465 g/mol. The van der Waals surface area contributed by atoms with Crippen LogP contribution in [0.3, 0.4) is 0 Å². The van der Waals surface area contributed by atoms with E-state index in [0.29, 0.717) is 25.1 Å². The van der Waals surface area contributed by atoms with Crippen LogP contribution >= 0.6 is 24.0 Å². The van der Waals surface area contributed by atoms with Gasteiger partial charge in [0.15, 0.2) is 5.96 Å². The van der Waals surface area contributed by atoms with E-state index in [-0.39, 0.29) is 36.1 Å². The summed E-state index contributed by atoms with van der Waals surface area (Å²) in [5.74, 6) is -0.567. The van der Waals surface area contributed by atoms with E-state index in [1.807, 2.05) is 13.0 Å². The van der Waals surface area contributed by atoms with Crippen molar-refractivity contribution in [3.8, 4) is 0 Å². The molecule has 144 valence electrons. The number of halogens is 5. The Hall–Kier alpha value is -1.85. The fourth-order valence-electron chi connectivity index (χ4n) is 2.21. The number of nitrogens with one attached hydrogen (secondary N) is 2. The van der Waals surface area contributed by atoms with Crippen LogP contribution in [0.2, 0.25) is 0 Å². The number of aromatic nitrogens is 2. The number of hydrogen-bond donors (Lipinski definition) is 2. The number of aliphatic imine (C=N–C) groups is 1. The minimum atomic E-state index is -4.63. The molecule has 0 saturated carbocycles. The molecule has 0 aliphatic heterocycles. The van der Waals surface area contributed by atoms with E-state index < -0.39 is 17.6 Å². The first-order chi connectivity index (χ1) is 11.8. The average Bonchev–Trinajstić information content (AvgIpc) is 2.95. The molecule has 2 rings (SSSR count). The number of alkyl halides is 3. The standard InChI is InChI=1S/C16H19F4N5.HI/c1-3-21-15(23-10-13-6-7-24-25(13)2)22-9-11-4-5-12(17)8-14(11)16(18,19)20;/h4-8H,3,9-10H2,1-2H3,(H2,21,22,23);1H. The summed E-state index contributed by atoms with van der Waals surface area (Å²) in [4.78, 5) is 4.16. The van der Waals surface area contributed by atoms with E-state index in [1.165, 1.54) is 0 Å². The molecule has 0 radical (unpaired) electrons. The van der Waals surface area contributed by atoms with E-state index >= 15 is 0 Å². The van der Waals surface area contributed by atoms with Gasteiger partial charge in [0.05, 0.1) is 24.3 Å². The second kappa shape index (κ2) is 9.74. The molecule has 2 N–H and O–H groups in total. The highest BCUT2D eigenvalue weighted by atomic mass is 127. The van der Waals surface area contributed by atoms with Gasteiger partial charge in [-0.1, -0.05) is 6.07 Å². The maximum absolute atomic E-state index is 13.1. The molecular formula is C16H20F4IN5. The molecule has 0 spiro atoms. The smallest absolute Gasteiger partial charge is 0.357 e. The summed E-state index contributed by atoms with van der Waals surface area (Å²) in [6.45, 7) is 2.58. The summed E-state index contributed by atoms with van der Waals surface area (Å²) in [5, 5.41) is 10.0. The summed E-state index contributed by atoms with van der Waals surface area (Å²) >= 11 is 0. The van der Waals surface area contributed by atoms with Crippen LogP contribution in [0.1, 0.15) is 23.7 Å². The molecule has 5 nitrogen and oxygen atoms in total. The minimum absolute atomic E-state index is 0. The van der Waals surface area contributed by atoms with Gasteiger partial charge >= 0.3 is 6.18 Å². The van der Waals surface area contributed by atoms with Gasteiger partial charge in [-0.2, -0.15) is 18.3 Å². The zero-order valence-corrected chi connectivity index (χ0v) is 16.6. The maximum atomic E-state index is 13.1. The Morgan fingerprint density at radius 3 is 2.54 bits per heavy atom. The SMILES string of the molecule is CCNC(=NCc1ccc(F)cc1C(F)(F)F)NCc1ccnn1C.I. The maximum Gasteiger partial charge on any atom is 0.416 e. The highest BCUT2D eigenvalue weighted by molar-refractivity contribution is 14.0. The summed E-state index contributed by atoms with van der Waals surface area (Å²) in [6, 6.07) is 4.40. The van der Waals surface area contributed by atoms with E-state index in [4.69, 9.17) is 0 Å². The fraction of sp³-hybridized carbons (Fsp3) is 0.375. The second-order valence-electron chi connectivity index (χ2n) is 5.29. The van der Waals surface area contributed by atoms with Crippen molar-refractivity contribution >= 4 is 29.9 Å². The minimum Gasteiger partial charge on any atom is -0.357 e. The normalized spacial score (nSPS) is 11.8. The first-order valence-electron chi connectivity index (χ1n) is 7.66. The summed E-state index contributed by atoms with van der Waals surface area (Å²) < 4.78 is 53.9. The van der Waals surface area contributed by atoms with Crippen molar-refractivity contribution in [3.05, 3.63) is 53.1 Å². The molecule has 2 aromatic rings. The molecule has 0 amide bonds. The van der Waals surface area contributed by atoms with Crippen LogP contribution in [0.4, 0.5) is 17.6 Å². The Bertz CT molecular complexity index is 742. The molecule has 0 atom stereocenters. The fourth-order valence-corrected chi connectivity index (χ4v) is 2.21. The lowest BCUT2D eigenvalue weighted by molar-refractivity contribution is -0.138. The largest absolute Gasteiger partial charge is 0.416 e. The lowest BCUT2D eigenvalue weighted by atomic mass is 10.1. The molecule has 26 heavy (non-hydrogen) atoms. The molecule has 0 unspecified atom stereocenters. The van der Waals surface area contributed by atoms with Crippen molar-refractivity contribution in [2.75, 3.05) is 6.54 Å². The van der Waals surface area contributed by atoms with Gasteiger partial charge in [0, 0.05) is 19.8 Å².